The molecular weight excluding hydrogens is 474 g/mol. The van der Waals surface area contributed by atoms with E-state index in [1.165, 1.54) is 19.1 Å². The smallest absolute Gasteiger partial charge is 0.262 e. The molecule has 9 nitrogen and oxygen atoms in total. The molecule has 5 rings (SSSR count). The van der Waals surface area contributed by atoms with E-state index in [2.05, 4.69) is 9.97 Å². The number of aromatic nitrogens is 2. The lowest BCUT2D eigenvalue weighted by atomic mass is 10.0. The van der Waals surface area contributed by atoms with Gasteiger partial charge in [-0.25, -0.2) is 4.98 Å². The normalized spacial score (nSPS) is 12.7. The van der Waals surface area contributed by atoms with E-state index in [1.807, 2.05) is 26.0 Å². The van der Waals surface area contributed by atoms with Gasteiger partial charge in [0.2, 0.25) is 0 Å². The molecule has 0 aliphatic carbocycles. The highest BCUT2D eigenvalue weighted by molar-refractivity contribution is 6.21. The summed E-state index contributed by atoms with van der Waals surface area (Å²) in [5, 5.41) is 0.341. The van der Waals surface area contributed by atoms with Crippen LogP contribution in [-0.4, -0.2) is 54.1 Å². The molecule has 188 valence electrons. The van der Waals surface area contributed by atoms with Crippen LogP contribution in [0.5, 0.6) is 17.2 Å². The standard InChI is InChI=1S/C28H25N3O6/c1-15-11-17(25-29-21-13-18(35-3)14-22(36-4)23(21)26(32)30-25)12-16(2)24(15)37-10-9-31-27(33)19-7-5-6-8-20(19)28(31)34/h5-8,11-14H,9-10H2,1-4H3,(H,29,30,32). The van der Waals surface area contributed by atoms with Crippen LogP contribution < -0.4 is 19.8 Å². The number of methoxy groups -OCH3 is 2. The number of fused-ring (bicyclic) bond motifs is 2. The first kappa shape index (κ1) is 24.1. The van der Waals surface area contributed by atoms with Crippen molar-refractivity contribution in [3.8, 4) is 28.6 Å². The molecule has 1 aromatic heterocycles. The summed E-state index contributed by atoms with van der Waals surface area (Å²) in [6.45, 7) is 4.06. The van der Waals surface area contributed by atoms with E-state index in [4.69, 9.17) is 14.2 Å². The number of carbonyl (C=O) groups excluding carboxylic acids is 2. The number of imide groups is 1. The Morgan fingerprint density at radius 3 is 2.14 bits per heavy atom. The number of ether oxygens (including phenoxy) is 3. The zero-order chi connectivity index (χ0) is 26.3. The molecule has 1 N–H and O–H groups in total. The minimum absolute atomic E-state index is 0.135. The van der Waals surface area contributed by atoms with E-state index in [9.17, 15) is 14.4 Å². The quantitative estimate of drug-likeness (QED) is 0.384. The molecule has 9 heteroatoms. The number of aryl methyl sites for hydroxylation is 2. The van der Waals surface area contributed by atoms with Gasteiger partial charge in [0, 0.05) is 17.7 Å². The van der Waals surface area contributed by atoms with E-state index in [1.54, 1.807) is 36.4 Å². The number of hydrogen-bond acceptors (Lipinski definition) is 7. The predicted molar refractivity (Wildman–Crippen MR) is 138 cm³/mol. The number of aromatic amines is 1. The zero-order valence-electron chi connectivity index (χ0n) is 20.9. The molecule has 0 saturated carbocycles. The molecule has 0 atom stereocenters. The minimum atomic E-state index is -0.323. The van der Waals surface area contributed by atoms with E-state index in [0.29, 0.717) is 50.7 Å². The molecule has 0 fully saturated rings. The first-order chi connectivity index (χ1) is 17.8. The van der Waals surface area contributed by atoms with Crippen molar-refractivity contribution in [2.24, 2.45) is 0 Å². The maximum Gasteiger partial charge on any atom is 0.262 e. The minimum Gasteiger partial charge on any atom is -0.497 e. The summed E-state index contributed by atoms with van der Waals surface area (Å²) in [4.78, 5) is 46.8. The van der Waals surface area contributed by atoms with Crippen molar-refractivity contribution in [2.75, 3.05) is 27.4 Å². The lowest BCUT2D eigenvalue weighted by Gasteiger charge is -2.17. The fraction of sp³-hybridized carbons (Fsp3) is 0.214. The molecule has 2 heterocycles. The fourth-order valence-electron chi connectivity index (χ4n) is 4.62. The van der Waals surface area contributed by atoms with Crippen LogP contribution >= 0.6 is 0 Å². The van der Waals surface area contributed by atoms with Gasteiger partial charge in [-0.1, -0.05) is 12.1 Å². The fourth-order valence-corrected chi connectivity index (χ4v) is 4.62. The summed E-state index contributed by atoms with van der Waals surface area (Å²) in [5.41, 5.74) is 3.31. The number of nitrogens with one attached hydrogen (secondary N) is 1. The van der Waals surface area contributed by atoms with Crippen molar-refractivity contribution in [1.29, 1.82) is 0 Å². The number of benzene rings is 3. The Morgan fingerprint density at radius 1 is 0.892 bits per heavy atom. The summed E-state index contributed by atoms with van der Waals surface area (Å²) in [6.07, 6.45) is 0. The van der Waals surface area contributed by atoms with Crippen LogP contribution in [0.3, 0.4) is 0 Å². The Balaban J connectivity index is 1.38. The summed E-state index contributed by atoms with van der Waals surface area (Å²) in [7, 11) is 3.02. The van der Waals surface area contributed by atoms with Gasteiger partial charge in [-0.15, -0.1) is 0 Å². The lowest BCUT2D eigenvalue weighted by molar-refractivity contribution is 0.0631. The maximum atomic E-state index is 12.9. The second-order valence-corrected chi connectivity index (χ2v) is 8.73. The Kier molecular flexibility index (Phi) is 6.12. The van der Waals surface area contributed by atoms with Gasteiger partial charge in [0.25, 0.3) is 17.4 Å². The van der Waals surface area contributed by atoms with Crippen LogP contribution in [0.15, 0.2) is 53.3 Å². The first-order valence-electron chi connectivity index (χ1n) is 11.7. The van der Waals surface area contributed by atoms with Crippen LogP contribution in [0.2, 0.25) is 0 Å². The summed E-state index contributed by atoms with van der Waals surface area (Å²) in [5.74, 6) is 1.33. The Labute approximate surface area is 212 Å². The largest absolute Gasteiger partial charge is 0.497 e. The highest BCUT2D eigenvalue weighted by Gasteiger charge is 2.34. The predicted octanol–water partition coefficient (Wildman–Crippen LogP) is 3.90. The van der Waals surface area contributed by atoms with Gasteiger partial charge in [-0.2, -0.15) is 0 Å². The SMILES string of the molecule is COc1cc(OC)c2c(=O)[nH]c(-c3cc(C)c(OCCN4C(=O)c5ccccc5C4=O)c(C)c3)nc2c1. The molecule has 4 aromatic rings. The molecule has 3 aromatic carbocycles. The molecule has 37 heavy (non-hydrogen) atoms. The molecule has 0 saturated heterocycles. The maximum absolute atomic E-state index is 12.9. The Bertz CT molecular complexity index is 1570. The molecule has 0 bridgehead atoms. The van der Waals surface area contributed by atoms with Crippen molar-refractivity contribution in [1.82, 2.24) is 14.9 Å². The molecule has 2 amide bonds. The van der Waals surface area contributed by atoms with Crippen molar-refractivity contribution in [2.45, 2.75) is 13.8 Å². The Hall–Kier alpha value is -4.66. The molecule has 1 aliphatic heterocycles. The molecule has 0 unspecified atom stereocenters. The van der Waals surface area contributed by atoms with Crippen molar-refractivity contribution in [3.63, 3.8) is 0 Å². The topological polar surface area (TPSA) is 111 Å². The van der Waals surface area contributed by atoms with Crippen LogP contribution in [0.1, 0.15) is 31.8 Å². The van der Waals surface area contributed by atoms with Crippen LogP contribution in [0, 0.1) is 13.8 Å². The highest BCUT2D eigenvalue weighted by atomic mass is 16.5. The highest BCUT2D eigenvalue weighted by Crippen LogP contribution is 2.32. The van der Waals surface area contributed by atoms with E-state index < -0.39 is 0 Å². The average Bonchev–Trinajstić information content (AvgIpc) is 3.14. The third-order valence-corrected chi connectivity index (χ3v) is 6.37. The van der Waals surface area contributed by atoms with Gasteiger partial charge in [0.15, 0.2) is 0 Å². The first-order valence-corrected chi connectivity index (χ1v) is 11.7. The summed E-state index contributed by atoms with van der Waals surface area (Å²) >= 11 is 0. The molecule has 1 aliphatic rings. The molecule has 0 radical (unpaired) electrons. The van der Waals surface area contributed by atoms with Gasteiger partial charge < -0.3 is 19.2 Å². The van der Waals surface area contributed by atoms with Gasteiger partial charge in [-0.05, 0) is 49.2 Å². The van der Waals surface area contributed by atoms with Crippen molar-refractivity contribution in [3.05, 3.63) is 81.1 Å². The molecular formula is C28H25N3O6. The van der Waals surface area contributed by atoms with Crippen LogP contribution in [-0.2, 0) is 0 Å². The van der Waals surface area contributed by atoms with E-state index >= 15 is 0 Å². The number of amides is 2. The van der Waals surface area contributed by atoms with Crippen molar-refractivity contribution < 1.29 is 23.8 Å². The van der Waals surface area contributed by atoms with Crippen LogP contribution in [0.4, 0.5) is 0 Å². The average molecular weight is 500 g/mol. The second-order valence-electron chi connectivity index (χ2n) is 8.73. The van der Waals surface area contributed by atoms with Crippen LogP contribution in [0.25, 0.3) is 22.3 Å². The van der Waals surface area contributed by atoms with E-state index in [-0.39, 0.29) is 30.5 Å². The molecule has 0 spiro atoms. The third kappa shape index (κ3) is 4.18. The Morgan fingerprint density at radius 2 is 1.54 bits per heavy atom. The monoisotopic (exact) mass is 499 g/mol. The summed E-state index contributed by atoms with van der Waals surface area (Å²) < 4.78 is 16.7. The number of rotatable bonds is 7. The van der Waals surface area contributed by atoms with Gasteiger partial charge >= 0.3 is 0 Å². The zero-order valence-corrected chi connectivity index (χ0v) is 20.9. The third-order valence-electron chi connectivity index (χ3n) is 6.37. The van der Waals surface area contributed by atoms with Gasteiger partial charge in [0.1, 0.15) is 35.1 Å². The summed E-state index contributed by atoms with van der Waals surface area (Å²) in [6, 6.07) is 13.8. The second kappa shape index (κ2) is 9.42. The van der Waals surface area contributed by atoms with Crippen molar-refractivity contribution >= 4 is 22.7 Å². The van der Waals surface area contributed by atoms with E-state index in [0.717, 1.165) is 11.1 Å². The lowest BCUT2D eigenvalue weighted by Crippen LogP contribution is -2.33. The van der Waals surface area contributed by atoms with Gasteiger partial charge in [-0.3, -0.25) is 19.3 Å². The number of nitrogens with zero attached hydrogens (tertiary/aromatic N) is 2. The number of carbonyl (C=O) groups is 2. The number of H-pyrrole nitrogens is 1. The number of hydrogen-bond donors (Lipinski definition) is 1. The van der Waals surface area contributed by atoms with Gasteiger partial charge in [0.05, 0.1) is 37.4 Å².